The smallest absolute Gasteiger partial charge is 0.334 e. The summed E-state index contributed by atoms with van der Waals surface area (Å²) in [6.07, 6.45) is 3.92. The van der Waals surface area contributed by atoms with Crippen molar-refractivity contribution >= 4 is 29.0 Å². The van der Waals surface area contributed by atoms with Crippen molar-refractivity contribution < 1.29 is 17.7 Å². The van der Waals surface area contributed by atoms with E-state index in [0.29, 0.717) is 26.4 Å². The van der Waals surface area contributed by atoms with Crippen LogP contribution >= 0.6 is 0 Å². The average molecular weight is 495 g/mol. The maximum atomic E-state index is 5.91. The van der Waals surface area contributed by atoms with E-state index >= 15 is 0 Å². The van der Waals surface area contributed by atoms with E-state index in [0.717, 1.165) is 54.9 Å². The molecule has 0 fully saturated rings. The Morgan fingerprint density at radius 2 is 1.21 bits per heavy atom. The summed E-state index contributed by atoms with van der Waals surface area (Å²) in [6.45, 7) is 18.9. The predicted octanol–water partition coefficient (Wildman–Crippen LogP) is 5.98. The Bertz CT molecular complexity index is 699. The fourth-order valence-corrected chi connectivity index (χ4v) is 8.59. The van der Waals surface area contributed by atoms with Gasteiger partial charge in [0.2, 0.25) is 0 Å². The lowest BCUT2D eigenvalue weighted by molar-refractivity contribution is 0.188. The number of rotatable bonds is 18. The van der Waals surface area contributed by atoms with Gasteiger partial charge in [-0.25, -0.2) is 0 Å². The van der Waals surface area contributed by atoms with E-state index < -0.39 is 17.1 Å². The summed E-state index contributed by atoms with van der Waals surface area (Å²) < 4.78 is 23.6. The second kappa shape index (κ2) is 16.5. The second-order valence-corrected chi connectivity index (χ2v) is 15.0. The third kappa shape index (κ3) is 12.2. The predicted molar refractivity (Wildman–Crippen MR) is 145 cm³/mol. The minimum Gasteiger partial charge on any atom is -0.395 e. The Balaban J connectivity index is 2.48. The molecule has 1 aromatic rings. The van der Waals surface area contributed by atoms with Crippen molar-refractivity contribution in [2.45, 2.75) is 72.6 Å². The van der Waals surface area contributed by atoms with Crippen LogP contribution in [0.5, 0.6) is 0 Å². The summed E-state index contributed by atoms with van der Waals surface area (Å²) in [5, 5.41) is 0. The molecule has 8 heteroatoms. The summed E-state index contributed by atoms with van der Waals surface area (Å²) in [4.78, 5) is 9.35. The van der Waals surface area contributed by atoms with Crippen molar-refractivity contribution in [2.75, 3.05) is 39.5 Å². The highest BCUT2D eigenvalue weighted by molar-refractivity contribution is 6.66. The number of hydrogen-bond acceptors (Lipinski definition) is 6. The lowest BCUT2D eigenvalue weighted by Crippen LogP contribution is -2.38. The molecule has 0 spiro atoms. The van der Waals surface area contributed by atoms with E-state index in [1.807, 2.05) is 33.9 Å². The molecular weight excluding hydrogens is 448 g/mol. The Kier molecular flexibility index (Phi) is 14.9. The molecule has 1 rings (SSSR count). The zero-order chi connectivity index (χ0) is 24.6. The van der Waals surface area contributed by atoms with Crippen LogP contribution in [0.3, 0.4) is 0 Å². The standard InChI is InChI=1S/C25H46N2O4Si2/c1-8-28-32(6,29-9-2)20-12-18-26-22-24-14-16-25(17-15-24)23(5)27-19-13-21-33(7,30-10-3)31-11-4/h14-17,22H,8-13,18-21H2,1-7H3. The van der Waals surface area contributed by atoms with E-state index in [-0.39, 0.29) is 0 Å². The first-order chi connectivity index (χ1) is 15.8. The Hall–Kier alpha value is -1.17. The highest BCUT2D eigenvalue weighted by Gasteiger charge is 2.30. The topological polar surface area (TPSA) is 61.6 Å². The molecular formula is C25H46N2O4Si2. The Labute approximate surface area is 204 Å². The summed E-state index contributed by atoms with van der Waals surface area (Å²) in [7, 11) is -4.07. The molecule has 0 saturated heterocycles. The van der Waals surface area contributed by atoms with Gasteiger partial charge in [0, 0.05) is 51.4 Å². The van der Waals surface area contributed by atoms with E-state index in [4.69, 9.17) is 22.7 Å². The van der Waals surface area contributed by atoms with Crippen LogP contribution in [0.2, 0.25) is 25.2 Å². The maximum Gasteiger partial charge on any atom is 0.334 e. The molecule has 0 saturated carbocycles. The first-order valence-electron chi connectivity index (χ1n) is 12.5. The fourth-order valence-electron chi connectivity index (χ4n) is 3.80. The second-order valence-electron chi connectivity index (χ2n) is 8.33. The third-order valence-corrected chi connectivity index (χ3v) is 11.5. The maximum absolute atomic E-state index is 5.91. The Morgan fingerprint density at radius 3 is 1.67 bits per heavy atom. The van der Waals surface area contributed by atoms with Crippen molar-refractivity contribution in [1.82, 2.24) is 0 Å². The first kappa shape index (κ1) is 29.9. The highest BCUT2D eigenvalue weighted by Crippen LogP contribution is 2.17. The Morgan fingerprint density at radius 1 is 0.758 bits per heavy atom. The van der Waals surface area contributed by atoms with Crippen molar-refractivity contribution in [3.8, 4) is 0 Å². The molecule has 0 aliphatic carbocycles. The van der Waals surface area contributed by atoms with Gasteiger partial charge in [-0.1, -0.05) is 24.3 Å². The van der Waals surface area contributed by atoms with Crippen LogP contribution in [0, 0.1) is 0 Å². The zero-order valence-electron chi connectivity index (χ0n) is 22.0. The van der Waals surface area contributed by atoms with E-state index in [1.165, 1.54) is 0 Å². The molecule has 0 aromatic heterocycles. The van der Waals surface area contributed by atoms with Gasteiger partial charge in [-0.05, 0) is 83.8 Å². The van der Waals surface area contributed by atoms with Gasteiger partial charge in [0.05, 0.1) is 0 Å². The minimum atomic E-state index is -2.04. The van der Waals surface area contributed by atoms with Crippen LogP contribution in [0.25, 0.3) is 0 Å². The molecule has 1 aromatic carbocycles. The fraction of sp³-hybridized carbons (Fsp3) is 0.680. The van der Waals surface area contributed by atoms with Crippen LogP contribution in [-0.2, 0) is 17.7 Å². The lowest BCUT2D eigenvalue weighted by Gasteiger charge is -2.25. The summed E-state index contributed by atoms with van der Waals surface area (Å²) in [6, 6.07) is 10.4. The highest BCUT2D eigenvalue weighted by atomic mass is 28.4. The number of hydrogen-bond donors (Lipinski definition) is 0. The van der Waals surface area contributed by atoms with Gasteiger partial charge >= 0.3 is 17.1 Å². The van der Waals surface area contributed by atoms with Crippen molar-refractivity contribution in [1.29, 1.82) is 0 Å². The van der Waals surface area contributed by atoms with E-state index in [1.54, 1.807) is 0 Å². The summed E-state index contributed by atoms with van der Waals surface area (Å²) >= 11 is 0. The monoisotopic (exact) mass is 494 g/mol. The van der Waals surface area contributed by atoms with Crippen molar-refractivity contribution in [2.24, 2.45) is 9.98 Å². The molecule has 0 aliphatic rings. The van der Waals surface area contributed by atoms with Crippen molar-refractivity contribution in [3.63, 3.8) is 0 Å². The van der Waals surface area contributed by atoms with Gasteiger partial charge in [0.15, 0.2) is 0 Å². The molecule has 0 amide bonds. The van der Waals surface area contributed by atoms with Crippen LogP contribution in [0.1, 0.15) is 58.6 Å². The van der Waals surface area contributed by atoms with Crippen LogP contribution < -0.4 is 0 Å². The van der Waals surface area contributed by atoms with E-state index in [2.05, 4.69) is 49.3 Å². The summed E-state index contributed by atoms with van der Waals surface area (Å²) in [5.41, 5.74) is 3.32. The molecule has 33 heavy (non-hydrogen) atoms. The molecule has 0 heterocycles. The molecule has 6 nitrogen and oxygen atoms in total. The molecule has 0 bridgehead atoms. The number of benzene rings is 1. The minimum absolute atomic E-state index is 0.711. The van der Waals surface area contributed by atoms with Gasteiger partial charge < -0.3 is 17.7 Å². The first-order valence-corrected chi connectivity index (χ1v) is 17.5. The van der Waals surface area contributed by atoms with Gasteiger partial charge in [0.25, 0.3) is 0 Å². The van der Waals surface area contributed by atoms with Gasteiger partial charge in [-0.3, -0.25) is 9.98 Å². The molecule has 0 unspecified atom stereocenters. The SMILES string of the molecule is CCO[Si](C)(CCCN=Cc1ccc(C(C)=NCCC[Si](C)(OCC)OCC)cc1)OCC. The van der Waals surface area contributed by atoms with Crippen LogP contribution in [0.15, 0.2) is 34.3 Å². The van der Waals surface area contributed by atoms with Crippen LogP contribution in [-0.4, -0.2) is 68.6 Å². The van der Waals surface area contributed by atoms with Crippen LogP contribution in [0.4, 0.5) is 0 Å². The molecule has 0 aliphatic heterocycles. The molecule has 188 valence electrons. The molecule has 0 atom stereocenters. The number of aliphatic imine (C=N–C) groups is 2. The van der Waals surface area contributed by atoms with Gasteiger partial charge in [-0.2, -0.15) is 0 Å². The van der Waals surface area contributed by atoms with Gasteiger partial charge in [0.1, 0.15) is 0 Å². The van der Waals surface area contributed by atoms with E-state index in [9.17, 15) is 0 Å². The normalized spacial score (nSPS) is 13.2. The lowest BCUT2D eigenvalue weighted by atomic mass is 10.1. The summed E-state index contributed by atoms with van der Waals surface area (Å²) in [5.74, 6) is 0. The van der Waals surface area contributed by atoms with Crippen molar-refractivity contribution in [3.05, 3.63) is 35.4 Å². The third-order valence-electron chi connectivity index (χ3n) is 5.42. The molecule has 0 N–H and O–H groups in total. The molecule has 0 radical (unpaired) electrons. The largest absolute Gasteiger partial charge is 0.395 e. The zero-order valence-corrected chi connectivity index (χ0v) is 24.0. The average Bonchev–Trinajstić information content (AvgIpc) is 2.77. The number of nitrogens with zero attached hydrogens (tertiary/aromatic N) is 2. The quantitative estimate of drug-likeness (QED) is 0.143. The van der Waals surface area contributed by atoms with Gasteiger partial charge in [-0.15, -0.1) is 0 Å².